The minimum absolute atomic E-state index is 0.0614. The van der Waals surface area contributed by atoms with Gasteiger partial charge < -0.3 is 14.8 Å². The minimum Gasteiger partial charge on any atom is -0.479 e. The average Bonchev–Trinajstić information content (AvgIpc) is 3.00. The number of para-hydroxylation sites is 1. The van der Waals surface area contributed by atoms with Crippen LogP contribution < -0.4 is 10.1 Å². The first-order valence-electron chi connectivity index (χ1n) is 9.31. The Morgan fingerprint density at radius 3 is 2.43 bits per heavy atom. The van der Waals surface area contributed by atoms with E-state index in [1.165, 1.54) is 18.2 Å². The molecule has 8 heteroatoms. The number of carbonyl (C=O) groups is 2. The van der Waals surface area contributed by atoms with E-state index in [0.29, 0.717) is 11.4 Å². The zero-order valence-corrected chi connectivity index (χ0v) is 16.9. The van der Waals surface area contributed by atoms with Gasteiger partial charge in [0.2, 0.25) is 0 Å². The van der Waals surface area contributed by atoms with Crippen LogP contribution >= 0.6 is 0 Å². The van der Waals surface area contributed by atoms with Gasteiger partial charge in [0, 0.05) is 0 Å². The highest BCUT2D eigenvalue weighted by atomic mass is 19.1. The molecule has 30 heavy (non-hydrogen) atoms. The molecule has 1 aromatic heterocycles. The molecular formula is C22H22FN3O4. The standard InChI is InChI=1S/C22H22FN3O4/c1-14-8-10-17(11-9-14)26-16(3)22(15(2)25-26)24-20(27)12-30-21(28)13-29-19-7-5-4-6-18(19)23/h4-11H,12-13H2,1-3H3,(H,24,27). The smallest absolute Gasteiger partial charge is 0.344 e. The molecule has 1 N–H and O–H groups in total. The number of amides is 1. The molecule has 3 aromatic rings. The molecule has 0 saturated carbocycles. The second kappa shape index (κ2) is 9.21. The van der Waals surface area contributed by atoms with Crippen molar-refractivity contribution in [3.8, 4) is 11.4 Å². The Labute approximate surface area is 173 Å². The Kier molecular flexibility index (Phi) is 6.46. The maximum atomic E-state index is 13.5. The lowest BCUT2D eigenvalue weighted by Crippen LogP contribution is -2.24. The van der Waals surface area contributed by atoms with Crippen LogP contribution in [0.3, 0.4) is 0 Å². The number of hydrogen-bond acceptors (Lipinski definition) is 5. The first-order valence-corrected chi connectivity index (χ1v) is 9.31. The molecule has 3 rings (SSSR count). The van der Waals surface area contributed by atoms with E-state index in [2.05, 4.69) is 10.4 Å². The van der Waals surface area contributed by atoms with Crippen molar-refractivity contribution < 1.29 is 23.5 Å². The van der Waals surface area contributed by atoms with E-state index < -0.39 is 30.9 Å². The van der Waals surface area contributed by atoms with Gasteiger partial charge in [0.1, 0.15) is 0 Å². The van der Waals surface area contributed by atoms with Crippen LogP contribution in [0.15, 0.2) is 48.5 Å². The van der Waals surface area contributed by atoms with Crippen molar-refractivity contribution in [1.82, 2.24) is 9.78 Å². The van der Waals surface area contributed by atoms with Gasteiger partial charge in [-0.3, -0.25) is 4.79 Å². The molecular weight excluding hydrogens is 389 g/mol. The number of rotatable bonds is 7. The molecule has 0 aliphatic rings. The topological polar surface area (TPSA) is 82.5 Å². The summed E-state index contributed by atoms with van der Waals surface area (Å²) in [7, 11) is 0. The average molecular weight is 411 g/mol. The molecule has 156 valence electrons. The number of esters is 1. The van der Waals surface area contributed by atoms with Gasteiger partial charge in [0.25, 0.3) is 5.91 Å². The molecule has 0 bridgehead atoms. The van der Waals surface area contributed by atoms with Gasteiger partial charge in [-0.1, -0.05) is 29.8 Å². The molecule has 0 saturated heterocycles. The summed E-state index contributed by atoms with van der Waals surface area (Å²) in [6.07, 6.45) is 0. The SMILES string of the molecule is Cc1ccc(-n2nc(C)c(NC(=O)COC(=O)COc3ccccc3F)c2C)cc1. The van der Waals surface area contributed by atoms with Crippen molar-refractivity contribution in [1.29, 1.82) is 0 Å². The number of carbonyl (C=O) groups excluding carboxylic acids is 2. The van der Waals surface area contributed by atoms with Crippen molar-refractivity contribution in [3.63, 3.8) is 0 Å². The number of nitrogens with one attached hydrogen (secondary N) is 1. The van der Waals surface area contributed by atoms with E-state index in [1.54, 1.807) is 17.7 Å². The summed E-state index contributed by atoms with van der Waals surface area (Å²) in [6, 6.07) is 13.5. The Morgan fingerprint density at radius 2 is 1.73 bits per heavy atom. The highest BCUT2D eigenvalue weighted by Gasteiger charge is 2.16. The lowest BCUT2D eigenvalue weighted by molar-refractivity contribution is -0.149. The Morgan fingerprint density at radius 1 is 1.03 bits per heavy atom. The summed E-state index contributed by atoms with van der Waals surface area (Å²) in [5, 5.41) is 7.19. The van der Waals surface area contributed by atoms with E-state index >= 15 is 0 Å². The third kappa shape index (κ3) is 5.02. The van der Waals surface area contributed by atoms with E-state index in [-0.39, 0.29) is 5.75 Å². The van der Waals surface area contributed by atoms with E-state index in [0.717, 1.165) is 16.9 Å². The van der Waals surface area contributed by atoms with E-state index in [4.69, 9.17) is 9.47 Å². The molecule has 1 amide bonds. The van der Waals surface area contributed by atoms with Crippen molar-refractivity contribution >= 4 is 17.6 Å². The van der Waals surface area contributed by atoms with E-state index in [1.807, 2.05) is 38.1 Å². The number of ether oxygens (including phenoxy) is 2. The number of nitrogens with zero attached hydrogens (tertiary/aromatic N) is 2. The van der Waals surface area contributed by atoms with Gasteiger partial charge in [0.05, 0.1) is 22.8 Å². The van der Waals surface area contributed by atoms with Crippen LogP contribution in [0.25, 0.3) is 5.69 Å². The number of hydrogen-bond donors (Lipinski definition) is 1. The largest absolute Gasteiger partial charge is 0.479 e. The van der Waals surface area contributed by atoms with Crippen molar-refractivity contribution in [3.05, 3.63) is 71.3 Å². The zero-order chi connectivity index (χ0) is 21.7. The van der Waals surface area contributed by atoms with Gasteiger partial charge in [-0.25, -0.2) is 13.9 Å². The highest BCUT2D eigenvalue weighted by Crippen LogP contribution is 2.23. The van der Waals surface area contributed by atoms with Crippen LogP contribution in [0, 0.1) is 26.6 Å². The molecule has 0 fully saturated rings. The van der Waals surface area contributed by atoms with Crippen LogP contribution in [0.1, 0.15) is 17.0 Å². The van der Waals surface area contributed by atoms with Crippen molar-refractivity contribution in [2.24, 2.45) is 0 Å². The van der Waals surface area contributed by atoms with Crippen LogP contribution in [-0.4, -0.2) is 34.9 Å². The number of aromatic nitrogens is 2. The van der Waals surface area contributed by atoms with Crippen LogP contribution in [-0.2, 0) is 14.3 Å². The Bertz CT molecular complexity index is 1060. The maximum absolute atomic E-state index is 13.5. The van der Waals surface area contributed by atoms with Crippen LogP contribution in [0.2, 0.25) is 0 Å². The first-order chi connectivity index (χ1) is 14.3. The zero-order valence-electron chi connectivity index (χ0n) is 16.9. The summed E-state index contributed by atoms with van der Waals surface area (Å²) in [5.41, 5.74) is 3.95. The normalized spacial score (nSPS) is 10.5. The summed E-state index contributed by atoms with van der Waals surface area (Å²) in [4.78, 5) is 24.0. The second-order valence-corrected chi connectivity index (χ2v) is 6.72. The lowest BCUT2D eigenvalue weighted by Gasteiger charge is -2.09. The summed E-state index contributed by atoms with van der Waals surface area (Å²) in [6.45, 7) is 4.62. The maximum Gasteiger partial charge on any atom is 0.344 e. The number of halogens is 1. The van der Waals surface area contributed by atoms with Crippen LogP contribution in [0.4, 0.5) is 10.1 Å². The van der Waals surface area contributed by atoms with Gasteiger partial charge >= 0.3 is 5.97 Å². The lowest BCUT2D eigenvalue weighted by atomic mass is 10.2. The number of aryl methyl sites for hydroxylation is 2. The van der Waals surface area contributed by atoms with Crippen LogP contribution in [0.5, 0.6) is 5.75 Å². The Hall–Kier alpha value is -3.68. The Balaban J connectivity index is 1.55. The quantitative estimate of drug-likeness (QED) is 0.602. The number of anilines is 1. The van der Waals surface area contributed by atoms with Gasteiger partial charge in [-0.05, 0) is 45.0 Å². The summed E-state index contributed by atoms with van der Waals surface area (Å²) < 4.78 is 25.2. The fourth-order valence-electron chi connectivity index (χ4n) is 2.82. The molecule has 7 nitrogen and oxygen atoms in total. The molecule has 1 heterocycles. The van der Waals surface area contributed by atoms with Crippen molar-refractivity contribution in [2.45, 2.75) is 20.8 Å². The molecule has 0 unspecified atom stereocenters. The number of benzene rings is 2. The van der Waals surface area contributed by atoms with Gasteiger partial charge in [-0.2, -0.15) is 5.10 Å². The predicted molar refractivity (Wildman–Crippen MR) is 109 cm³/mol. The molecule has 0 radical (unpaired) electrons. The fourth-order valence-corrected chi connectivity index (χ4v) is 2.82. The molecule has 0 atom stereocenters. The third-order valence-electron chi connectivity index (χ3n) is 4.38. The van der Waals surface area contributed by atoms with Gasteiger partial charge in [-0.15, -0.1) is 0 Å². The molecule has 2 aromatic carbocycles. The first kappa shape index (κ1) is 21.0. The molecule has 0 aliphatic heterocycles. The summed E-state index contributed by atoms with van der Waals surface area (Å²) >= 11 is 0. The monoisotopic (exact) mass is 411 g/mol. The van der Waals surface area contributed by atoms with Crippen molar-refractivity contribution in [2.75, 3.05) is 18.5 Å². The highest BCUT2D eigenvalue weighted by molar-refractivity contribution is 5.94. The summed E-state index contributed by atoms with van der Waals surface area (Å²) in [5.74, 6) is -1.94. The van der Waals surface area contributed by atoms with Gasteiger partial charge in [0.15, 0.2) is 24.8 Å². The fraction of sp³-hybridized carbons (Fsp3) is 0.227. The molecule has 0 aliphatic carbocycles. The molecule has 0 spiro atoms. The minimum atomic E-state index is -0.780. The predicted octanol–water partition coefficient (Wildman–Crippen LogP) is 3.50. The van der Waals surface area contributed by atoms with E-state index in [9.17, 15) is 14.0 Å². The third-order valence-corrected chi connectivity index (χ3v) is 4.38. The second-order valence-electron chi connectivity index (χ2n) is 6.72.